The molecule has 1 fully saturated rings. The molecule has 0 N–H and O–H groups in total. The van der Waals surface area contributed by atoms with Gasteiger partial charge in [-0.15, -0.1) is 13.2 Å². The summed E-state index contributed by atoms with van der Waals surface area (Å²) in [6.07, 6.45) is 1.49. The standard InChI is InChI=1S/C22H22F3NO/c23-22(24,25)27-21-12-5-4-11-20(21)17-13-18-9-6-10-19(14-17)26(18)15-16-7-2-1-3-8-16/h1-5,7-8,11-13,18-19H,6,9-10,14-15H2. The number of rotatable bonds is 4. The average molecular weight is 373 g/mol. The van der Waals surface area contributed by atoms with Crippen LogP contribution in [-0.2, 0) is 6.54 Å². The maximum atomic E-state index is 12.8. The number of ether oxygens (including phenoxy) is 1. The molecule has 2 aliphatic heterocycles. The van der Waals surface area contributed by atoms with Gasteiger partial charge in [-0.25, -0.2) is 0 Å². The molecule has 2 atom stereocenters. The molecule has 0 radical (unpaired) electrons. The summed E-state index contributed by atoms with van der Waals surface area (Å²) in [7, 11) is 0. The van der Waals surface area contributed by atoms with Gasteiger partial charge in [-0.2, -0.15) is 0 Å². The Morgan fingerprint density at radius 1 is 0.963 bits per heavy atom. The van der Waals surface area contributed by atoms with E-state index < -0.39 is 6.36 Å². The Morgan fingerprint density at radius 2 is 1.70 bits per heavy atom. The van der Waals surface area contributed by atoms with Crippen LogP contribution in [0.5, 0.6) is 5.75 Å². The minimum absolute atomic E-state index is 0.106. The lowest BCUT2D eigenvalue weighted by Gasteiger charge is -2.45. The number of halogens is 3. The van der Waals surface area contributed by atoms with E-state index in [1.165, 1.54) is 11.6 Å². The first-order chi connectivity index (χ1) is 13.0. The summed E-state index contributed by atoms with van der Waals surface area (Å²) in [6, 6.07) is 17.4. The molecule has 0 aromatic heterocycles. The average Bonchev–Trinajstić information content (AvgIpc) is 2.61. The van der Waals surface area contributed by atoms with E-state index in [1.807, 2.05) is 18.2 Å². The number of benzene rings is 2. The fourth-order valence-corrected chi connectivity index (χ4v) is 4.30. The van der Waals surface area contributed by atoms with Crippen LogP contribution in [0.15, 0.2) is 60.7 Å². The molecule has 1 saturated heterocycles. The Hall–Kier alpha value is -2.27. The molecule has 142 valence electrons. The molecule has 2 aromatic carbocycles. The molecule has 2 unspecified atom stereocenters. The van der Waals surface area contributed by atoms with Gasteiger partial charge in [-0.1, -0.05) is 61.0 Å². The van der Waals surface area contributed by atoms with E-state index in [0.29, 0.717) is 11.6 Å². The maximum absolute atomic E-state index is 12.8. The Labute approximate surface area is 157 Å². The molecular weight excluding hydrogens is 351 g/mol. The zero-order valence-corrected chi connectivity index (χ0v) is 15.0. The smallest absolute Gasteiger partial charge is 0.405 e. The molecule has 0 aliphatic carbocycles. The Bertz CT molecular complexity index is 816. The van der Waals surface area contributed by atoms with Crippen LogP contribution in [-0.4, -0.2) is 23.3 Å². The SMILES string of the molecule is FC(F)(F)Oc1ccccc1C1=CC2CCCC(C1)N2Cc1ccccc1. The van der Waals surface area contributed by atoms with E-state index in [9.17, 15) is 13.2 Å². The summed E-state index contributed by atoms with van der Waals surface area (Å²) < 4.78 is 42.6. The predicted octanol–water partition coefficient (Wildman–Crippen LogP) is 5.80. The van der Waals surface area contributed by atoms with E-state index in [1.54, 1.807) is 18.2 Å². The van der Waals surface area contributed by atoms with E-state index in [4.69, 9.17) is 0 Å². The van der Waals surface area contributed by atoms with Crippen molar-refractivity contribution in [2.75, 3.05) is 0 Å². The number of nitrogens with zero attached hydrogens (tertiary/aromatic N) is 1. The van der Waals surface area contributed by atoms with Gasteiger partial charge in [-0.05, 0) is 36.5 Å². The third-order valence-electron chi connectivity index (χ3n) is 5.45. The van der Waals surface area contributed by atoms with Crippen molar-refractivity contribution < 1.29 is 17.9 Å². The minimum Gasteiger partial charge on any atom is -0.405 e. The lowest BCUT2D eigenvalue weighted by Crippen LogP contribution is -2.47. The Balaban J connectivity index is 1.61. The first kappa shape index (κ1) is 18.1. The van der Waals surface area contributed by atoms with Gasteiger partial charge in [0, 0.05) is 24.2 Å². The van der Waals surface area contributed by atoms with Crippen LogP contribution in [0.4, 0.5) is 13.2 Å². The third kappa shape index (κ3) is 4.19. The minimum atomic E-state index is -4.68. The molecule has 2 nitrogen and oxygen atoms in total. The first-order valence-corrected chi connectivity index (χ1v) is 9.35. The van der Waals surface area contributed by atoms with E-state index in [2.05, 4.69) is 27.8 Å². The van der Waals surface area contributed by atoms with Gasteiger partial charge in [0.25, 0.3) is 0 Å². The second-order valence-corrected chi connectivity index (χ2v) is 7.25. The quantitative estimate of drug-likeness (QED) is 0.672. The van der Waals surface area contributed by atoms with E-state index in [-0.39, 0.29) is 11.8 Å². The van der Waals surface area contributed by atoms with Crippen molar-refractivity contribution in [2.24, 2.45) is 0 Å². The third-order valence-corrected chi connectivity index (χ3v) is 5.45. The zero-order chi connectivity index (χ0) is 18.9. The van der Waals surface area contributed by atoms with Gasteiger partial charge >= 0.3 is 6.36 Å². The topological polar surface area (TPSA) is 12.5 Å². The normalized spacial score (nSPS) is 23.0. The van der Waals surface area contributed by atoms with Gasteiger partial charge < -0.3 is 4.74 Å². The van der Waals surface area contributed by atoms with Crippen LogP contribution in [0.3, 0.4) is 0 Å². The van der Waals surface area contributed by atoms with Crippen LogP contribution in [0.2, 0.25) is 0 Å². The van der Waals surface area contributed by atoms with Gasteiger partial charge in [0.1, 0.15) is 5.75 Å². The lowest BCUT2D eigenvalue weighted by atomic mass is 9.82. The first-order valence-electron chi connectivity index (χ1n) is 9.35. The zero-order valence-electron chi connectivity index (χ0n) is 15.0. The van der Waals surface area contributed by atoms with E-state index in [0.717, 1.165) is 37.8 Å². The molecule has 2 aliphatic rings. The highest BCUT2D eigenvalue weighted by Gasteiger charge is 2.36. The molecule has 4 rings (SSSR count). The second-order valence-electron chi connectivity index (χ2n) is 7.25. The van der Waals surface area contributed by atoms with Gasteiger partial charge in [0.2, 0.25) is 0 Å². The van der Waals surface area contributed by atoms with Crippen LogP contribution in [0, 0.1) is 0 Å². The van der Waals surface area contributed by atoms with Gasteiger partial charge in [0.15, 0.2) is 0 Å². The van der Waals surface area contributed by atoms with Crippen molar-refractivity contribution in [1.82, 2.24) is 4.90 Å². The summed E-state index contributed by atoms with van der Waals surface area (Å²) in [6.45, 7) is 0.876. The van der Waals surface area contributed by atoms with Crippen molar-refractivity contribution in [3.05, 3.63) is 71.8 Å². The van der Waals surface area contributed by atoms with Crippen LogP contribution >= 0.6 is 0 Å². The molecule has 0 saturated carbocycles. The van der Waals surface area contributed by atoms with Crippen LogP contribution < -0.4 is 4.74 Å². The van der Waals surface area contributed by atoms with Crippen molar-refractivity contribution in [2.45, 2.75) is 50.7 Å². The second kappa shape index (κ2) is 7.39. The van der Waals surface area contributed by atoms with Crippen LogP contribution in [0.1, 0.15) is 36.8 Å². The number of alkyl halides is 3. The highest BCUT2D eigenvalue weighted by Crippen LogP contribution is 2.41. The fourth-order valence-electron chi connectivity index (χ4n) is 4.30. The Morgan fingerprint density at radius 3 is 2.44 bits per heavy atom. The molecule has 0 amide bonds. The molecule has 2 heterocycles. The molecular formula is C22H22F3NO. The Kier molecular flexibility index (Phi) is 4.96. The molecule has 5 heteroatoms. The summed E-state index contributed by atoms with van der Waals surface area (Å²) in [5.41, 5.74) is 2.80. The van der Waals surface area contributed by atoms with E-state index >= 15 is 0 Å². The van der Waals surface area contributed by atoms with Gasteiger partial charge in [0.05, 0.1) is 0 Å². The lowest BCUT2D eigenvalue weighted by molar-refractivity contribution is -0.274. The number of hydrogen-bond donors (Lipinski definition) is 0. The number of piperidine rings is 1. The van der Waals surface area contributed by atoms with Crippen molar-refractivity contribution >= 4 is 5.57 Å². The molecule has 27 heavy (non-hydrogen) atoms. The number of para-hydroxylation sites is 1. The van der Waals surface area contributed by atoms with Crippen molar-refractivity contribution in [1.29, 1.82) is 0 Å². The fraction of sp³-hybridized carbons (Fsp3) is 0.364. The van der Waals surface area contributed by atoms with Gasteiger partial charge in [-0.3, -0.25) is 4.90 Å². The summed E-state index contributed by atoms with van der Waals surface area (Å²) in [5.74, 6) is -0.106. The summed E-state index contributed by atoms with van der Waals surface area (Å²) >= 11 is 0. The maximum Gasteiger partial charge on any atom is 0.573 e. The molecule has 0 spiro atoms. The summed E-state index contributed by atoms with van der Waals surface area (Å²) in [4.78, 5) is 2.50. The highest BCUT2D eigenvalue weighted by atomic mass is 19.4. The largest absolute Gasteiger partial charge is 0.573 e. The monoisotopic (exact) mass is 373 g/mol. The van der Waals surface area contributed by atoms with Crippen molar-refractivity contribution in [3.63, 3.8) is 0 Å². The number of fused-ring (bicyclic) bond motifs is 2. The number of hydrogen-bond acceptors (Lipinski definition) is 2. The highest BCUT2D eigenvalue weighted by molar-refractivity contribution is 5.72. The van der Waals surface area contributed by atoms with Crippen LogP contribution in [0.25, 0.3) is 5.57 Å². The van der Waals surface area contributed by atoms with Crippen molar-refractivity contribution in [3.8, 4) is 5.75 Å². The predicted molar refractivity (Wildman–Crippen MR) is 99.1 cm³/mol. The molecule has 2 bridgehead atoms. The molecule has 2 aromatic rings. The summed E-state index contributed by atoms with van der Waals surface area (Å²) in [5, 5.41) is 0.